The van der Waals surface area contributed by atoms with E-state index in [0.717, 1.165) is 16.9 Å². The summed E-state index contributed by atoms with van der Waals surface area (Å²) in [6.07, 6.45) is 0.708. The van der Waals surface area contributed by atoms with Crippen molar-refractivity contribution in [1.82, 2.24) is 4.31 Å². The first-order valence-electron chi connectivity index (χ1n) is 9.05. The molecule has 10 heteroatoms. The molecule has 1 saturated heterocycles. The van der Waals surface area contributed by atoms with Gasteiger partial charge < -0.3 is 14.8 Å². The van der Waals surface area contributed by atoms with E-state index in [-0.39, 0.29) is 17.2 Å². The van der Waals surface area contributed by atoms with Crippen molar-refractivity contribution in [1.29, 1.82) is 0 Å². The summed E-state index contributed by atoms with van der Waals surface area (Å²) in [4.78, 5) is 24.2. The maximum atomic E-state index is 12.6. The molecule has 8 nitrogen and oxygen atoms in total. The van der Waals surface area contributed by atoms with E-state index >= 15 is 0 Å². The van der Waals surface area contributed by atoms with E-state index in [0.29, 0.717) is 42.6 Å². The van der Waals surface area contributed by atoms with Crippen molar-refractivity contribution >= 4 is 38.2 Å². The molecule has 1 aromatic carbocycles. The zero-order chi connectivity index (χ0) is 20.9. The van der Waals surface area contributed by atoms with E-state index in [2.05, 4.69) is 10.1 Å². The standard InChI is InChI=1S/C19H22N2O6S2/c1-26-19(23)16-7-9-18(28-16)20-17(22)8-4-14-2-5-15(6-3-14)29(24,25)21-10-12-27-13-11-21/h2-3,5-7,9H,4,8,10-13H2,1H3,(H,20,22). The number of carbonyl (C=O) groups excluding carboxylic acids is 2. The zero-order valence-electron chi connectivity index (χ0n) is 15.9. The molecule has 3 rings (SSSR count). The van der Waals surface area contributed by atoms with Crippen LogP contribution in [0.3, 0.4) is 0 Å². The Labute approximate surface area is 173 Å². The van der Waals surface area contributed by atoms with Gasteiger partial charge in [-0.05, 0) is 36.2 Å². The molecule has 0 radical (unpaired) electrons. The molecule has 0 aliphatic carbocycles. The van der Waals surface area contributed by atoms with E-state index in [1.807, 2.05) is 0 Å². The van der Waals surface area contributed by atoms with Crippen LogP contribution in [0.5, 0.6) is 0 Å². The first-order valence-corrected chi connectivity index (χ1v) is 11.3. The number of nitrogens with zero attached hydrogens (tertiary/aromatic N) is 1. The fourth-order valence-corrected chi connectivity index (χ4v) is 5.09. The number of ether oxygens (including phenoxy) is 2. The third-order valence-corrected chi connectivity index (χ3v) is 7.32. The minimum absolute atomic E-state index is 0.187. The third-order valence-electron chi connectivity index (χ3n) is 4.43. The highest BCUT2D eigenvalue weighted by Gasteiger charge is 2.26. The Morgan fingerprint density at radius 3 is 2.48 bits per heavy atom. The molecule has 29 heavy (non-hydrogen) atoms. The number of esters is 1. The van der Waals surface area contributed by atoms with Crippen LogP contribution in [0, 0.1) is 0 Å². The average Bonchev–Trinajstić information content (AvgIpc) is 3.21. The first kappa shape index (κ1) is 21.4. The number of morpholine rings is 1. The van der Waals surface area contributed by atoms with Gasteiger partial charge in [0.05, 0.1) is 30.2 Å². The molecule has 1 aliphatic rings. The molecule has 0 saturated carbocycles. The number of methoxy groups -OCH3 is 1. The quantitative estimate of drug-likeness (QED) is 0.665. The smallest absolute Gasteiger partial charge is 0.348 e. The normalized spacial score (nSPS) is 15.1. The van der Waals surface area contributed by atoms with Gasteiger partial charge >= 0.3 is 5.97 Å². The number of hydrogen-bond acceptors (Lipinski definition) is 7. The number of nitrogens with one attached hydrogen (secondary N) is 1. The van der Waals surface area contributed by atoms with Gasteiger partial charge in [0, 0.05) is 19.5 Å². The Kier molecular flexibility index (Phi) is 7.01. The summed E-state index contributed by atoms with van der Waals surface area (Å²) in [6.45, 7) is 1.50. The zero-order valence-corrected chi connectivity index (χ0v) is 17.6. The number of aryl methyl sites for hydroxylation is 1. The molecule has 0 unspecified atom stereocenters. The van der Waals surface area contributed by atoms with Crippen LogP contribution in [0.15, 0.2) is 41.3 Å². The molecule has 2 heterocycles. The maximum absolute atomic E-state index is 12.6. The number of sulfonamides is 1. The monoisotopic (exact) mass is 438 g/mol. The summed E-state index contributed by atoms with van der Waals surface area (Å²) in [7, 11) is -2.22. The number of anilines is 1. The van der Waals surface area contributed by atoms with Crippen LogP contribution in [-0.2, 0) is 30.7 Å². The second-order valence-electron chi connectivity index (χ2n) is 6.36. The number of carbonyl (C=O) groups is 2. The third kappa shape index (κ3) is 5.41. The van der Waals surface area contributed by atoms with Gasteiger partial charge in [-0.15, -0.1) is 11.3 Å². The number of rotatable bonds is 7. The van der Waals surface area contributed by atoms with Crippen LogP contribution in [0.25, 0.3) is 0 Å². The van der Waals surface area contributed by atoms with E-state index < -0.39 is 16.0 Å². The van der Waals surface area contributed by atoms with Gasteiger partial charge in [0.25, 0.3) is 0 Å². The molecule has 1 aliphatic heterocycles. The molecule has 0 bridgehead atoms. The highest BCUT2D eigenvalue weighted by molar-refractivity contribution is 7.89. The number of thiophene rings is 1. The highest BCUT2D eigenvalue weighted by atomic mass is 32.2. The van der Waals surface area contributed by atoms with E-state index in [1.54, 1.807) is 36.4 Å². The lowest BCUT2D eigenvalue weighted by Gasteiger charge is -2.26. The molecule has 1 N–H and O–H groups in total. The average molecular weight is 439 g/mol. The van der Waals surface area contributed by atoms with Gasteiger partial charge in [0.2, 0.25) is 15.9 Å². The van der Waals surface area contributed by atoms with Gasteiger partial charge in [-0.25, -0.2) is 13.2 Å². The van der Waals surface area contributed by atoms with Crippen LogP contribution in [-0.4, -0.2) is 58.0 Å². The van der Waals surface area contributed by atoms with E-state index in [9.17, 15) is 18.0 Å². The van der Waals surface area contributed by atoms with Crippen LogP contribution in [0.1, 0.15) is 21.7 Å². The Balaban J connectivity index is 1.54. The molecule has 156 valence electrons. The van der Waals surface area contributed by atoms with Gasteiger partial charge in [-0.2, -0.15) is 4.31 Å². The Hall–Kier alpha value is -2.27. The molecule has 1 fully saturated rings. The minimum atomic E-state index is -3.52. The van der Waals surface area contributed by atoms with Gasteiger partial charge in [-0.1, -0.05) is 12.1 Å². The molecular formula is C19H22N2O6S2. The van der Waals surface area contributed by atoms with Crippen molar-refractivity contribution in [3.05, 3.63) is 46.8 Å². The van der Waals surface area contributed by atoms with Crippen molar-refractivity contribution < 1.29 is 27.5 Å². The lowest BCUT2D eigenvalue weighted by molar-refractivity contribution is -0.116. The lowest BCUT2D eigenvalue weighted by atomic mass is 10.1. The van der Waals surface area contributed by atoms with Gasteiger partial charge in [0.15, 0.2) is 0 Å². The number of benzene rings is 1. The predicted molar refractivity (Wildman–Crippen MR) is 109 cm³/mol. The topological polar surface area (TPSA) is 102 Å². The molecule has 0 atom stereocenters. The van der Waals surface area contributed by atoms with Crippen LogP contribution >= 0.6 is 11.3 Å². The minimum Gasteiger partial charge on any atom is -0.465 e. The first-order chi connectivity index (χ1) is 13.9. The van der Waals surface area contributed by atoms with Crippen LogP contribution < -0.4 is 5.32 Å². The van der Waals surface area contributed by atoms with Crippen molar-refractivity contribution in [3.63, 3.8) is 0 Å². The fourth-order valence-electron chi connectivity index (χ4n) is 2.84. The van der Waals surface area contributed by atoms with Crippen LogP contribution in [0.2, 0.25) is 0 Å². The maximum Gasteiger partial charge on any atom is 0.348 e. The molecule has 2 aromatic rings. The summed E-state index contributed by atoms with van der Waals surface area (Å²) in [5.74, 6) is -0.629. The van der Waals surface area contributed by atoms with Crippen molar-refractivity contribution in [3.8, 4) is 0 Å². The lowest BCUT2D eigenvalue weighted by Crippen LogP contribution is -2.40. The number of amides is 1. The summed E-state index contributed by atoms with van der Waals surface area (Å²) in [5.41, 5.74) is 0.863. The summed E-state index contributed by atoms with van der Waals surface area (Å²) in [6, 6.07) is 9.84. The fraction of sp³-hybridized carbons (Fsp3) is 0.368. The second-order valence-corrected chi connectivity index (χ2v) is 9.39. The summed E-state index contributed by atoms with van der Waals surface area (Å²) in [5, 5.41) is 3.32. The predicted octanol–water partition coefficient (Wildman–Crippen LogP) is 2.13. The highest BCUT2D eigenvalue weighted by Crippen LogP contribution is 2.23. The molecular weight excluding hydrogens is 416 g/mol. The van der Waals surface area contributed by atoms with Crippen LogP contribution in [0.4, 0.5) is 5.00 Å². The largest absolute Gasteiger partial charge is 0.465 e. The van der Waals surface area contributed by atoms with Gasteiger partial charge in [-0.3, -0.25) is 4.79 Å². The summed E-state index contributed by atoms with van der Waals surface area (Å²) < 4.78 is 36.5. The van der Waals surface area contributed by atoms with Gasteiger partial charge in [0.1, 0.15) is 4.88 Å². The summed E-state index contributed by atoms with van der Waals surface area (Å²) >= 11 is 1.15. The second kappa shape index (κ2) is 9.49. The molecule has 1 aromatic heterocycles. The molecule has 0 spiro atoms. The van der Waals surface area contributed by atoms with Crippen molar-refractivity contribution in [2.75, 3.05) is 38.7 Å². The Morgan fingerprint density at radius 2 is 1.83 bits per heavy atom. The number of hydrogen-bond donors (Lipinski definition) is 1. The Bertz CT molecular complexity index is 963. The van der Waals surface area contributed by atoms with Crippen molar-refractivity contribution in [2.24, 2.45) is 0 Å². The van der Waals surface area contributed by atoms with Crippen molar-refractivity contribution in [2.45, 2.75) is 17.7 Å². The van der Waals surface area contributed by atoms with E-state index in [4.69, 9.17) is 4.74 Å². The Morgan fingerprint density at radius 1 is 1.14 bits per heavy atom. The van der Waals surface area contributed by atoms with E-state index in [1.165, 1.54) is 11.4 Å². The SMILES string of the molecule is COC(=O)c1ccc(NC(=O)CCc2ccc(S(=O)(=O)N3CCOCC3)cc2)s1. The molecule has 1 amide bonds.